The summed E-state index contributed by atoms with van der Waals surface area (Å²) >= 11 is 3.38. The number of halogens is 1. The molecule has 0 unspecified atom stereocenters. The molecule has 0 saturated heterocycles. The molecule has 0 aliphatic heterocycles. The van der Waals surface area contributed by atoms with Crippen LogP contribution in [0.4, 0.5) is 5.69 Å². The van der Waals surface area contributed by atoms with Gasteiger partial charge >= 0.3 is 0 Å². The van der Waals surface area contributed by atoms with Crippen molar-refractivity contribution in [1.29, 1.82) is 0 Å². The Morgan fingerprint density at radius 1 is 1.35 bits per heavy atom. The minimum absolute atomic E-state index is 0.200. The van der Waals surface area contributed by atoms with Crippen molar-refractivity contribution in [3.63, 3.8) is 0 Å². The molecular weight excluding hydrogens is 306 g/mol. The van der Waals surface area contributed by atoms with Gasteiger partial charge in [-0.1, -0.05) is 15.9 Å². The maximum Gasteiger partial charge on any atom is 0.147 e. The molecule has 0 atom stereocenters. The van der Waals surface area contributed by atoms with Crippen molar-refractivity contribution in [3.05, 3.63) is 22.7 Å². The van der Waals surface area contributed by atoms with E-state index in [2.05, 4.69) is 21.2 Å². The molecule has 0 spiro atoms. The van der Waals surface area contributed by atoms with E-state index in [1.165, 1.54) is 6.26 Å². The van der Waals surface area contributed by atoms with Crippen molar-refractivity contribution < 1.29 is 13.2 Å². The lowest BCUT2D eigenvalue weighted by molar-refractivity contribution is 0.414. The Bertz CT molecular complexity index is 474. The SMILES string of the molecule is COc1cc(Br)cc(NCCCS(C)(=O)=O)c1. The van der Waals surface area contributed by atoms with Gasteiger partial charge in [0.25, 0.3) is 0 Å². The molecule has 0 aliphatic carbocycles. The van der Waals surface area contributed by atoms with Gasteiger partial charge in [0.1, 0.15) is 15.6 Å². The topological polar surface area (TPSA) is 55.4 Å². The lowest BCUT2D eigenvalue weighted by Gasteiger charge is -2.08. The van der Waals surface area contributed by atoms with Crippen molar-refractivity contribution in [2.45, 2.75) is 6.42 Å². The minimum Gasteiger partial charge on any atom is -0.497 e. The van der Waals surface area contributed by atoms with E-state index in [4.69, 9.17) is 4.74 Å². The minimum atomic E-state index is -2.87. The van der Waals surface area contributed by atoms with Gasteiger partial charge in [-0.15, -0.1) is 0 Å². The zero-order valence-corrected chi connectivity index (χ0v) is 12.3. The molecular formula is C11H16BrNO3S. The van der Waals surface area contributed by atoms with Crippen LogP contribution in [0.25, 0.3) is 0 Å². The summed E-state index contributed by atoms with van der Waals surface area (Å²) in [5, 5.41) is 3.16. The molecule has 1 N–H and O–H groups in total. The fraction of sp³-hybridized carbons (Fsp3) is 0.455. The molecule has 17 heavy (non-hydrogen) atoms. The van der Waals surface area contributed by atoms with Gasteiger partial charge in [0.2, 0.25) is 0 Å². The maximum absolute atomic E-state index is 10.9. The Hall–Kier alpha value is -0.750. The van der Waals surface area contributed by atoms with Crippen LogP contribution in [-0.4, -0.2) is 34.1 Å². The first-order chi connectivity index (χ1) is 7.90. The Labute approximate surface area is 110 Å². The molecule has 0 aromatic heterocycles. The van der Waals surface area contributed by atoms with E-state index in [0.29, 0.717) is 13.0 Å². The van der Waals surface area contributed by atoms with Crippen molar-refractivity contribution in [2.24, 2.45) is 0 Å². The molecule has 0 amide bonds. The number of hydrogen-bond donors (Lipinski definition) is 1. The van der Waals surface area contributed by atoms with Crippen LogP contribution in [0.5, 0.6) is 5.75 Å². The number of anilines is 1. The molecule has 1 aromatic rings. The quantitative estimate of drug-likeness (QED) is 0.817. The van der Waals surface area contributed by atoms with Crippen LogP contribution in [0.3, 0.4) is 0 Å². The second kappa shape index (κ2) is 6.26. The molecule has 6 heteroatoms. The zero-order valence-electron chi connectivity index (χ0n) is 9.86. The molecule has 96 valence electrons. The van der Waals surface area contributed by atoms with Crippen LogP contribution >= 0.6 is 15.9 Å². The van der Waals surface area contributed by atoms with E-state index in [-0.39, 0.29) is 5.75 Å². The first-order valence-corrected chi connectivity index (χ1v) is 8.02. The van der Waals surface area contributed by atoms with Crippen molar-refractivity contribution in [1.82, 2.24) is 0 Å². The number of sulfone groups is 1. The molecule has 4 nitrogen and oxygen atoms in total. The van der Waals surface area contributed by atoms with Crippen LogP contribution < -0.4 is 10.1 Å². The van der Waals surface area contributed by atoms with Gasteiger partial charge in [-0.05, 0) is 18.6 Å². The van der Waals surface area contributed by atoms with Gasteiger partial charge in [-0.25, -0.2) is 8.42 Å². The lowest BCUT2D eigenvalue weighted by Crippen LogP contribution is -2.09. The monoisotopic (exact) mass is 321 g/mol. The molecule has 1 rings (SSSR count). The summed E-state index contributed by atoms with van der Waals surface area (Å²) in [7, 11) is -1.27. The fourth-order valence-corrected chi connectivity index (χ4v) is 2.49. The van der Waals surface area contributed by atoms with E-state index < -0.39 is 9.84 Å². The van der Waals surface area contributed by atoms with E-state index in [1.54, 1.807) is 7.11 Å². The summed E-state index contributed by atoms with van der Waals surface area (Å²) in [6.45, 7) is 0.618. The van der Waals surface area contributed by atoms with Crippen LogP contribution in [0, 0.1) is 0 Å². The molecule has 0 bridgehead atoms. The van der Waals surface area contributed by atoms with Crippen LogP contribution in [0.15, 0.2) is 22.7 Å². The first-order valence-electron chi connectivity index (χ1n) is 5.17. The van der Waals surface area contributed by atoms with Gasteiger partial charge in [0.05, 0.1) is 12.9 Å². The highest BCUT2D eigenvalue weighted by molar-refractivity contribution is 9.10. The van der Waals surface area contributed by atoms with E-state index >= 15 is 0 Å². The van der Waals surface area contributed by atoms with Gasteiger partial charge < -0.3 is 10.1 Å². The Morgan fingerprint density at radius 3 is 2.65 bits per heavy atom. The number of rotatable bonds is 6. The standard InChI is InChI=1S/C11H16BrNO3S/c1-16-11-7-9(12)6-10(8-11)13-4-3-5-17(2,14)15/h6-8,13H,3-5H2,1-2H3. The second-order valence-electron chi connectivity index (χ2n) is 3.79. The highest BCUT2D eigenvalue weighted by atomic mass is 79.9. The molecule has 1 aromatic carbocycles. The predicted octanol–water partition coefficient (Wildman–Crippen LogP) is 2.30. The van der Waals surface area contributed by atoms with Crippen LogP contribution in [0.2, 0.25) is 0 Å². The van der Waals surface area contributed by atoms with Crippen molar-refractivity contribution in [2.75, 3.05) is 31.0 Å². The Morgan fingerprint density at radius 2 is 2.06 bits per heavy atom. The molecule has 0 radical (unpaired) electrons. The maximum atomic E-state index is 10.9. The highest BCUT2D eigenvalue weighted by Gasteiger charge is 2.02. The smallest absolute Gasteiger partial charge is 0.147 e. The summed E-state index contributed by atoms with van der Waals surface area (Å²) in [4.78, 5) is 0. The number of methoxy groups -OCH3 is 1. The van der Waals surface area contributed by atoms with E-state index in [9.17, 15) is 8.42 Å². The Balaban J connectivity index is 2.49. The van der Waals surface area contributed by atoms with Gasteiger partial charge in [0, 0.05) is 29.0 Å². The van der Waals surface area contributed by atoms with Gasteiger partial charge in [-0.3, -0.25) is 0 Å². The third-order valence-corrected chi connectivity index (χ3v) is 3.62. The van der Waals surface area contributed by atoms with E-state index in [0.717, 1.165) is 15.9 Å². The van der Waals surface area contributed by atoms with Gasteiger partial charge in [0.15, 0.2) is 0 Å². The molecule has 0 fully saturated rings. The van der Waals surface area contributed by atoms with Crippen molar-refractivity contribution >= 4 is 31.5 Å². The summed E-state index contributed by atoms with van der Waals surface area (Å²) < 4.78 is 27.9. The first kappa shape index (κ1) is 14.3. The zero-order chi connectivity index (χ0) is 12.9. The average molecular weight is 322 g/mol. The summed E-state index contributed by atoms with van der Waals surface area (Å²) in [5.41, 5.74) is 0.907. The van der Waals surface area contributed by atoms with Crippen molar-refractivity contribution in [3.8, 4) is 5.75 Å². The normalized spacial score (nSPS) is 11.2. The number of nitrogens with one attached hydrogen (secondary N) is 1. The number of benzene rings is 1. The molecule has 0 aliphatic rings. The fourth-order valence-electron chi connectivity index (χ4n) is 1.35. The summed E-state index contributed by atoms with van der Waals surface area (Å²) in [6, 6.07) is 5.65. The van der Waals surface area contributed by atoms with Crippen LogP contribution in [0.1, 0.15) is 6.42 Å². The molecule has 0 saturated carbocycles. The second-order valence-corrected chi connectivity index (χ2v) is 6.97. The summed E-state index contributed by atoms with van der Waals surface area (Å²) in [6.07, 6.45) is 1.84. The van der Waals surface area contributed by atoms with Crippen LogP contribution in [-0.2, 0) is 9.84 Å². The highest BCUT2D eigenvalue weighted by Crippen LogP contribution is 2.24. The predicted molar refractivity (Wildman–Crippen MR) is 73.5 cm³/mol. The number of hydrogen-bond acceptors (Lipinski definition) is 4. The van der Waals surface area contributed by atoms with E-state index in [1.807, 2.05) is 18.2 Å². The largest absolute Gasteiger partial charge is 0.497 e. The Kier molecular flexibility index (Phi) is 5.27. The third kappa shape index (κ3) is 5.93. The summed E-state index contributed by atoms with van der Waals surface area (Å²) in [5.74, 6) is 0.954. The number of ether oxygens (including phenoxy) is 1. The lowest BCUT2D eigenvalue weighted by atomic mass is 10.3. The molecule has 0 heterocycles. The van der Waals surface area contributed by atoms with Gasteiger partial charge in [-0.2, -0.15) is 0 Å². The third-order valence-electron chi connectivity index (χ3n) is 2.13. The average Bonchev–Trinajstić information content (AvgIpc) is 2.22.